The van der Waals surface area contributed by atoms with Crippen molar-refractivity contribution in [2.75, 3.05) is 20.2 Å². The third kappa shape index (κ3) is 3.62. The zero-order valence-electron chi connectivity index (χ0n) is 11.8. The van der Waals surface area contributed by atoms with Crippen LogP contribution in [-0.4, -0.2) is 28.6 Å². The lowest BCUT2D eigenvalue weighted by molar-refractivity contribution is 0.0511. The summed E-state index contributed by atoms with van der Waals surface area (Å²) in [6.07, 6.45) is 0.927. The number of ether oxygens (including phenoxy) is 2. The molecule has 5 nitrogen and oxygen atoms in total. The van der Waals surface area contributed by atoms with Gasteiger partial charge in [-0.1, -0.05) is 6.07 Å². The van der Waals surface area contributed by atoms with E-state index in [-0.39, 0.29) is 12.5 Å². The SMILES string of the molecule is COCOc1cc(OS(C)(=O)=O)c2c(C)c(F)ccc2c1. The zero-order valence-corrected chi connectivity index (χ0v) is 12.7. The van der Waals surface area contributed by atoms with E-state index in [1.54, 1.807) is 13.0 Å². The Hall–Kier alpha value is -1.86. The number of rotatable bonds is 5. The number of halogens is 1. The number of hydrogen-bond acceptors (Lipinski definition) is 5. The van der Waals surface area contributed by atoms with Crippen LogP contribution in [-0.2, 0) is 14.9 Å². The summed E-state index contributed by atoms with van der Waals surface area (Å²) >= 11 is 0. The first-order valence-corrected chi connectivity index (χ1v) is 7.87. The van der Waals surface area contributed by atoms with Crippen LogP contribution in [0.4, 0.5) is 4.39 Å². The highest BCUT2D eigenvalue weighted by molar-refractivity contribution is 7.86. The average molecular weight is 314 g/mol. The van der Waals surface area contributed by atoms with Crippen molar-refractivity contribution in [2.24, 2.45) is 0 Å². The van der Waals surface area contributed by atoms with E-state index in [9.17, 15) is 12.8 Å². The van der Waals surface area contributed by atoms with Crippen molar-refractivity contribution in [1.29, 1.82) is 0 Å². The second-order valence-electron chi connectivity index (χ2n) is 4.53. The van der Waals surface area contributed by atoms with Crippen LogP contribution >= 0.6 is 0 Å². The van der Waals surface area contributed by atoms with E-state index in [4.69, 9.17) is 13.7 Å². The minimum Gasteiger partial charge on any atom is -0.467 e. The van der Waals surface area contributed by atoms with Gasteiger partial charge in [0.05, 0.1) is 6.26 Å². The van der Waals surface area contributed by atoms with E-state index >= 15 is 0 Å². The largest absolute Gasteiger partial charge is 0.467 e. The van der Waals surface area contributed by atoms with E-state index in [2.05, 4.69) is 0 Å². The van der Waals surface area contributed by atoms with Crippen LogP contribution < -0.4 is 8.92 Å². The molecule has 0 spiro atoms. The summed E-state index contributed by atoms with van der Waals surface area (Å²) in [5.74, 6) is -0.0430. The van der Waals surface area contributed by atoms with Crippen LogP contribution in [0.2, 0.25) is 0 Å². The van der Waals surface area contributed by atoms with Gasteiger partial charge in [0.25, 0.3) is 0 Å². The van der Waals surface area contributed by atoms with Crippen LogP contribution in [0, 0.1) is 12.7 Å². The minimum absolute atomic E-state index is 0.00397. The predicted molar refractivity (Wildman–Crippen MR) is 76.6 cm³/mol. The van der Waals surface area contributed by atoms with E-state index in [1.165, 1.54) is 25.3 Å². The zero-order chi connectivity index (χ0) is 15.6. The van der Waals surface area contributed by atoms with Gasteiger partial charge in [0.15, 0.2) is 12.5 Å². The van der Waals surface area contributed by atoms with Crippen molar-refractivity contribution in [1.82, 2.24) is 0 Å². The fourth-order valence-electron chi connectivity index (χ4n) is 1.99. The van der Waals surface area contributed by atoms with Crippen molar-refractivity contribution in [3.63, 3.8) is 0 Å². The molecule has 0 aliphatic heterocycles. The summed E-state index contributed by atoms with van der Waals surface area (Å²) < 4.78 is 51.5. The highest BCUT2D eigenvalue weighted by Crippen LogP contribution is 2.35. The Kier molecular flexibility index (Phi) is 4.34. The van der Waals surface area contributed by atoms with Crippen molar-refractivity contribution in [3.05, 3.63) is 35.6 Å². The number of aryl methyl sites for hydroxylation is 1. The molecule has 0 atom stereocenters. The van der Waals surface area contributed by atoms with Gasteiger partial charge in [-0.2, -0.15) is 8.42 Å². The fourth-order valence-corrected chi connectivity index (χ4v) is 2.45. The van der Waals surface area contributed by atoms with Crippen molar-refractivity contribution < 1.29 is 26.5 Å². The minimum atomic E-state index is -3.74. The molecule has 0 N–H and O–H groups in total. The Morgan fingerprint density at radius 1 is 1.24 bits per heavy atom. The van der Waals surface area contributed by atoms with Crippen molar-refractivity contribution >= 4 is 20.9 Å². The normalized spacial score (nSPS) is 11.6. The number of methoxy groups -OCH3 is 1. The van der Waals surface area contributed by atoms with E-state index < -0.39 is 15.9 Å². The summed E-state index contributed by atoms with van der Waals surface area (Å²) in [5.41, 5.74) is 0.310. The lowest BCUT2D eigenvalue weighted by Crippen LogP contribution is -2.07. The van der Waals surface area contributed by atoms with Crippen molar-refractivity contribution in [2.45, 2.75) is 6.92 Å². The molecule has 2 rings (SSSR count). The van der Waals surface area contributed by atoms with Gasteiger partial charge in [-0.25, -0.2) is 4.39 Å². The molecule has 2 aromatic carbocycles. The summed E-state index contributed by atoms with van der Waals surface area (Å²) in [6.45, 7) is 1.56. The standard InChI is InChI=1S/C14H15FO5S/c1-9-12(15)5-4-10-6-11(19-8-18-2)7-13(14(9)10)20-21(3,16)17/h4-7H,8H2,1-3H3. The molecule has 0 radical (unpaired) electrons. The Balaban J connectivity index is 2.66. The number of hydrogen-bond donors (Lipinski definition) is 0. The topological polar surface area (TPSA) is 61.8 Å². The Morgan fingerprint density at radius 3 is 2.57 bits per heavy atom. The third-order valence-corrected chi connectivity index (χ3v) is 3.32. The first-order valence-electron chi connectivity index (χ1n) is 6.06. The van der Waals surface area contributed by atoms with Crippen LogP contribution in [0.5, 0.6) is 11.5 Å². The monoisotopic (exact) mass is 314 g/mol. The molecule has 0 amide bonds. The van der Waals surface area contributed by atoms with Gasteiger partial charge in [-0.05, 0) is 30.0 Å². The predicted octanol–water partition coefficient (Wildman–Crippen LogP) is 2.61. The molecule has 0 bridgehead atoms. The van der Waals surface area contributed by atoms with Crippen molar-refractivity contribution in [3.8, 4) is 11.5 Å². The maximum Gasteiger partial charge on any atom is 0.306 e. The molecule has 0 saturated heterocycles. The van der Waals surface area contributed by atoms with Crippen LogP contribution in [0.25, 0.3) is 10.8 Å². The molecule has 0 heterocycles. The molecule has 0 aromatic heterocycles. The van der Waals surface area contributed by atoms with Gasteiger partial charge in [-0.3, -0.25) is 0 Å². The molecule has 0 unspecified atom stereocenters. The van der Waals surface area contributed by atoms with Gasteiger partial charge in [0, 0.05) is 18.6 Å². The Labute approximate surface area is 122 Å². The quantitative estimate of drug-likeness (QED) is 0.627. The highest BCUT2D eigenvalue weighted by atomic mass is 32.2. The fraction of sp³-hybridized carbons (Fsp3) is 0.286. The molecule has 114 valence electrons. The van der Waals surface area contributed by atoms with Crippen LogP contribution in [0.15, 0.2) is 24.3 Å². The first-order chi connectivity index (χ1) is 9.81. The smallest absolute Gasteiger partial charge is 0.306 e. The Morgan fingerprint density at radius 2 is 1.95 bits per heavy atom. The van der Waals surface area contributed by atoms with E-state index in [1.807, 2.05) is 0 Å². The Bertz CT molecular complexity index is 771. The first kappa shape index (κ1) is 15.5. The maximum atomic E-state index is 13.7. The second-order valence-corrected chi connectivity index (χ2v) is 6.11. The lowest BCUT2D eigenvalue weighted by atomic mass is 10.0. The lowest BCUT2D eigenvalue weighted by Gasteiger charge is -2.13. The van der Waals surface area contributed by atoms with Gasteiger partial charge in [0.1, 0.15) is 11.6 Å². The molecule has 0 fully saturated rings. The summed E-state index contributed by atoms with van der Waals surface area (Å²) in [5, 5.41) is 1.01. The molecule has 7 heteroatoms. The molecule has 0 saturated carbocycles. The van der Waals surface area contributed by atoms with Crippen LogP contribution in [0.3, 0.4) is 0 Å². The second kappa shape index (κ2) is 5.87. The molecule has 2 aromatic rings. The number of fused-ring (bicyclic) bond motifs is 1. The van der Waals surface area contributed by atoms with Gasteiger partial charge < -0.3 is 13.7 Å². The highest BCUT2D eigenvalue weighted by Gasteiger charge is 2.15. The van der Waals surface area contributed by atoms with Gasteiger partial charge in [-0.15, -0.1) is 0 Å². The van der Waals surface area contributed by atoms with E-state index in [0.29, 0.717) is 22.1 Å². The molecular formula is C14H15FO5S. The number of benzene rings is 2. The summed E-state index contributed by atoms with van der Waals surface area (Å²) in [4.78, 5) is 0. The third-order valence-electron chi connectivity index (χ3n) is 2.83. The average Bonchev–Trinajstić information content (AvgIpc) is 2.38. The van der Waals surface area contributed by atoms with E-state index in [0.717, 1.165) is 6.26 Å². The summed E-state index contributed by atoms with van der Waals surface area (Å²) in [7, 11) is -2.28. The van der Waals surface area contributed by atoms with Crippen LogP contribution in [0.1, 0.15) is 5.56 Å². The molecular weight excluding hydrogens is 299 g/mol. The molecule has 0 aliphatic carbocycles. The molecule has 0 aliphatic rings. The maximum absolute atomic E-state index is 13.7. The van der Waals surface area contributed by atoms with Gasteiger partial charge >= 0.3 is 10.1 Å². The summed E-state index contributed by atoms with van der Waals surface area (Å²) in [6, 6.07) is 5.90. The molecule has 21 heavy (non-hydrogen) atoms. The van der Waals surface area contributed by atoms with Gasteiger partial charge in [0.2, 0.25) is 0 Å².